The molecule has 104 valence electrons. The molecular weight excluding hydrogens is 289 g/mol. The average Bonchev–Trinajstić information content (AvgIpc) is 2.88. The number of halogens is 2. The summed E-state index contributed by atoms with van der Waals surface area (Å²) in [5.41, 5.74) is 0. The van der Waals surface area contributed by atoms with Gasteiger partial charge < -0.3 is 14.7 Å². The standard InChI is InChI=1S/C13H15Cl2NO3/c14-10-1-2-11(15)12(5-10)19-8-13(18)16-4-3-9(6-16)7-17/h1-2,5,9,17H,3-4,6-8H2. The van der Waals surface area contributed by atoms with Crippen LogP contribution in [0.4, 0.5) is 0 Å². The van der Waals surface area contributed by atoms with Gasteiger partial charge in [0.1, 0.15) is 5.75 Å². The zero-order valence-electron chi connectivity index (χ0n) is 10.3. The van der Waals surface area contributed by atoms with E-state index in [-0.39, 0.29) is 25.0 Å². The predicted molar refractivity (Wildman–Crippen MR) is 73.7 cm³/mol. The lowest BCUT2D eigenvalue weighted by Gasteiger charge is -2.16. The van der Waals surface area contributed by atoms with Crippen molar-refractivity contribution in [3.63, 3.8) is 0 Å². The molecule has 1 fully saturated rings. The fraction of sp³-hybridized carbons (Fsp3) is 0.462. The monoisotopic (exact) mass is 303 g/mol. The van der Waals surface area contributed by atoms with E-state index in [1.807, 2.05) is 0 Å². The summed E-state index contributed by atoms with van der Waals surface area (Å²) in [6.45, 7) is 1.29. The highest BCUT2D eigenvalue weighted by atomic mass is 35.5. The maximum absolute atomic E-state index is 11.9. The molecule has 0 radical (unpaired) electrons. The van der Waals surface area contributed by atoms with Crippen molar-refractivity contribution in [1.82, 2.24) is 4.90 Å². The quantitative estimate of drug-likeness (QED) is 0.928. The van der Waals surface area contributed by atoms with Crippen LogP contribution in [0.25, 0.3) is 0 Å². The Morgan fingerprint density at radius 3 is 2.95 bits per heavy atom. The van der Waals surface area contributed by atoms with Crippen LogP contribution in [0.5, 0.6) is 5.75 Å². The van der Waals surface area contributed by atoms with Crippen LogP contribution in [-0.4, -0.2) is 42.2 Å². The van der Waals surface area contributed by atoms with Gasteiger partial charge in [0, 0.05) is 36.7 Å². The SMILES string of the molecule is O=C(COc1cc(Cl)ccc1Cl)N1CCC(CO)C1. The Labute approximate surface area is 121 Å². The van der Waals surface area contributed by atoms with Crippen molar-refractivity contribution in [1.29, 1.82) is 0 Å². The second kappa shape index (κ2) is 6.46. The summed E-state index contributed by atoms with van der Waals surface area (Å²) in [5, 5.41) is 9.97. The predicted octanol–water partition coefficient (Wildman–Crippen LogP) is 2.21. The van der Waals surface area contributed by atoms with E-state index in [4.69, 9.17) is 33.0 Å². The highest BCUT2D eigenvalue weighted by molar-refractivity contribution is 6.34. The van der Waals surface area contributed by atoms with Crippen LogP contribution in [0.1, 0.15) is 6.42 Å². The zero-order chi connectivity index (χ0) is 13.8. The van der Waals surface area contributed by atoms with E-state index in [0.717, 1.165) is 6.42 Å². The summed E-state index contributed by atoms with van der Waals surface area (Å²) in [7, 11) is 0. The largest absolute Gasteiger partial charge is 0.482 e. The van der Waals surface area contributed by atoms with E-state index in [1.165, 1.54) is 0 Å². The van der Waals surface area contributed by atoms with Gasteiger partial charge >= 0.3 is 0 Å². The van der Waals surface area contributed by atoms with Crippen molar-refractivity contribution in [3.8, 4) is 5.75 Å². The number of amides is 1. The molecule has 1 aliphatic rings. The minimum Gasteiger partial charge on any atom is -0.482 e. The molecule has 1 unspecified atom stereocenters. The molecule has 1 amide bonds. The Kier molecular flexibility index (Phi) is 4.91. The Balaban J connectivity index is 1.88. The van der Waals surface area contributed by atoms with Crippen LogP contribution >= 0.6 is 23.2 Å². The highest BCUT2D eigenvalue weighted by Crippen LogP contribution is 2.27. The van der Waals surface area contributed by atoms with Crippen LogP contribution in [0.15, 0.2) is 18.2 Å². The molecule has 1 aromatic carbocycles. The van der Waals surface area contributed by atoms with Crippen LogP contribution in [0.2, 0.25) is 10.0 Å². The Hall–Kier alpha value is -0.970. The highest BCUT2D eigenvalue weighted by Gasteiger charge is 2.25. The van der Waals surface area contributed by atoms with Crippen LogP contribution in [0, 0.1) is 5.92 Å². The number of nitrogens with zero attached hydrogens (tertiary/aromatic N) is 1. The molecule has 2 rings (SSSR count). The van der Waals surface area contributed by atoms with Crippen molar-refractivity contribution in [3.05, 3.63) is 28.2 Å². The smallest absolute Gasteiger partial charge is 0.260 e. The minimum atomic E-state index is -0.105. The van der Waals surface area contributed by atoms with Crippen molar-refractivity contribution in [2.45, 2.75) is 6.42 Å². The number of benzene rings is 1. The van der Waals surface area contributed by atoms with Gasteiger partial charge in [0.15, 0.2) is 6.61 Å². The molecule has 1 saturated heterocycles. The average molecular weight is 304 g/mol. The van der Waals surface area contributed by atoms with Gasteiger partial charge in [-0.25, -0.2) is 0 Å². The van der Waals surface area contributed by atoms with Gasteiger partial charge in [-0.2, -0.15) is 0 Å². The lowest BCUT2D eigenvalue weighted by molar-refractivity contribution is -0.132. The third kappa shape index (κ3) is 3.75. The molecule has 1 heterocycles. The normalized spacial score (nSPS) is 18.7. The van der Waals surface area contributed by atoms with E-state index < -0.39 is 0 Å². The third-order valence-corrected chi connectivity index (χ3v) is 3.69. The molecule has 4 nitrogen and oxygen atoms in total. The Morgan fingerprint density at radius 1 is 1.47 bits per heavy atom. The molecule has 0 aliphatic carbocycles. The topological polar surface area (TPSA) is 49.8 Å². The lowest BCUT2D eigenvalue weighted by atomic mass is 10.1. The second-order valence-corrected chi connectivity index (χ2v) is 5.38. The van der Waals surface area contributed by atoms with Gasteiger partial charge in [0.05, 0.1) is 5.02 Å². The molecule has 19 heavy (non-hydrogen) atoms. The zero-order valence-corrected chi connectivity index (χ0v) is 11.8. The maximum Gasteiger partial charge on any atom is 0.260 e. The fourth-order valence-electron chi connectivity index (χ4n) is 2.03. The second-order valence-electron chi connectivity index (χ2n) is 4.54. The molecule has 1 N–H and O–H groups in total. The van der Waals surface area contributed by atoms with E-state index in [1.54, 1.807) is 23.1 Å². The van der Waals surface area contributed by atoms with Crippen molar-refractivity contribution < 1.29 is 14.6 Å². The molecule has 0 aromatic heterocycles. The summed E-state index contributed by atoms with van der Waals surface area (Å²) < 4.78 is 5.39. The van der Waals surface area contributed by atoms with Gasteiger partial charge in [-0.3, -0.25) is 4.79 Å². The number of likely N-dealkylation sites (tertiary alicyclic amines) is 1. The number of aliphatic hydroxyl groups excluding tert-OH is 1. The van der Waals surface area contributed by atoms with E-state index in [0.29, 0.717) is 28.9 Å². The number of hydrogen-bond donors (Lipinski definition) is 1. The molecule has 1 atom stereocenters. The number of aliphatic hydroxyl groups is 1. The van der Waals surface area contributed by atoms with Crippen LogP contribution in [0.3, 0.4) is 0 Å². The van der Waals surface area contributed by atoms with Gasteiger partial charge in [0.2, 0.25) is 0 Å². The summed E-state index contributed by atoms with van der Waals surface area (Å²) >= 11 is 11.8. The van der Waals surface area contributed by atoms with Gasteiger partial charge in [0.25, 0.3) is 5.91 Å². The van der Waals surface area contributed by atoms with E-state index in [9.17, 15) is 4.79 Å². The molecule has 1 aliphatic heterocycles. The Bertz CT molecular complexity index is 467. The fourth-order valence-corrected chi connectivity index (χ4v) is 2.36. The first kappa shape index (κ1) is 14.4. The molecule has 1 aromatic rings. The molecule has 0 spiro atoms. The van der Waals surface area contributed by atoms with E-state index >= 15 is 0 Å². The summed E-state index contributed by atoms with van der Waals surface area (Å²) in [5.74, 6) is 0.478. The van der Waals surface area contributed by atoms with Crippen LogP contribution < -0.4 is 4.74 Å². The molecular formula is C13H15Cl2NO3. The maximum atomic E-state index is 11.9. The van der Waals surface area contributed by atoms with Gasteiger partial charge in [-0.05, 0) is 18.6 Å². The summed E-state index contributed by atoms with van der Waals surface area (Å²) in [6.07, 6.45) is 0.833. The number of rotatable bonds is 4. The summed E-state index contributed by atoms with van der Waals surface area (Å²) in [6, 6.07) is 4.86. The van der Waals surface area contributed by atoms with Crippen LogP contribution in [-0.2, 0) is 4.79 Å². The first-order chi connectivity index (χ1) is 9.10. The van der Waals surface area contributed by atoms with Crippen molar-refractivity contribution in [2.75, 3.05) is 26.3 Å². The number of carbonyl (C=O) groups is 1. The number of ether oxygens (including phenoxy) is 1. The Morgan fingerprint density at radius 2 is 2.26 bits per heavy atom. The summed E-state index contributed by atoms with van der Waals surface area (Å²) in [4.78, 5) is 13.6. The molecule has 0 bridgehead atoms. The third-order valence-electron chi connectivity index (χ3n) is 3.14. The van der Waals surface area contributed by atoms with Gasteiger partial charge in [-0.1, -0.05) is 23.2 Å². The first-order valence-electron chi connectivity index (χ1n) is 6.06. The van der Waals surface area contributed by atoms with Crippen molar-refractivity contribution in [2.24, 2.45) is 5.92 Å². The van der Waals surface area contributed by atoms with Crippen molar-refractivity contribution >= 4 is 29.1 Å². The number of carbonyl (C=O) groups excluding carboxylic acids is 1. The number of hydrogen-bond acceptors (Lipinski definition) is 3. The van der Waals surface area contributed by atoms with E-state index in [2.05, 4.69) is 0 Å². The molecule has 0 saturated carbocycles. The molecule has 6 heteroatoms. The minimum absolute atomic E-state index is 0.0712. The lowest BCUT2D eigenvalue weighted by Crippen LogP contribution is -2.33. The first-order valence-corrected chi connectivity index (χ1v) is 6.82. The van der Waals surface area contributed by atoms with Gasteiger partial charge in [-0.15, -0.1) is 0 Å².